The Morgan fingerprint density at radius 2 is 1.95 bits per heavy atom. The maximum absolute atomic E-state index is 13.9. The number of aromatic carboxylic acids is 1. The summed E-state index contributed by atoms with van der Waals surface area (Å²) in [7, 11) is 0. The van der Waals surface area contributed by atoms with Crippen LogP contribution in [0.15, 0.2) is 17.1 Å². The number of rotatable bonds is 3. The Morgan fingerprint density at radius 1 is 1.33 bits per heavy atom. The number of nitrogens with zero attached hydrogens (tertiary/aromatic N) is 1. The van der Waals surface area contributed by atoms with E-state index in [2.05, 4.69) is 0 Å². The van der Waals surface area contributed by atoms with Crippen molar-refractivity contribution in [1.82, 2.24) is 4.57 Å². The third-order valence-electron chi connectivity index (χ3n) is 3.08. The summed E-state index contributed by atoms with van der Waals surface area (Å²) >= 11 is 0. The summed E-state index contributed by atoms with van der Waals surface area (Å²) in [6.45, 7) is 0.256. The van der Waals surface area contributed by atoms with Crippen molar-refractivity contribution in [2.45, 2.75) is 13.0 Å². The van der Waals surface area contributed by atoms with Gasteiger partial charge >= 0.3 is 5.97 Å². The van der Waals surface area contributed by atoms with Gasteiger partial charge in [0.1, 0.15) is 12.2 Å². The van der Waals surface area contributed by atoms with Crippen molar-refractivity contribution in [2.24, 2.45) is 0 Å². The normalized spacial score (nSPS) is 12.6. The SMILES string of the molecule is CC(CF)n1cc(C(=O)O)c(=O)c2cc(F)c(F)c(F)c21. The molecule has 0 amide bonds. The van der Waals surface area contributed by atoms with E-state index >= 15 is 0 Å². The van der Waals surface area contributed by atoms with Crippen LogP contribution >= 0.6 is 0 Å². The number of carboxylic acids is 1. The highest BCUT2D eigenvalue weighted by Gasteiger charge is 2.23. The van der Waals surface area contributed by atoms with E-state index < -0.39 is 58.0 Å². The first kappa shape index (κ1) is 15.0. The smallest absolute Gasteiger partial charge is 0.341 e. The molecule has 21 heavy (non-hydrogen) atoms. The third-order valence-corrected chi connectivity index (χ3v) is 3.08. The Balaban J connectivity index is 3.07. The lowest BCUT2D eigenvalue weighted by atomic mass is 10.1. The van der Waals surface area contributed by atoms with Crippen LogP contribution < -0.4 is 5.43 Å². The molecule has 0 saturated heterocycles. The van der Waals surface area contributed by atoms with Gasteiger partial charge in [-0.3, -0.25) is 4.79 Å². The van der Waals surface area contributed by atoms with E-state index in [1.54, 1.807) is 0 Å². The van der Waals surface area contributed by atoms with Gasteiger partial charge in [0.2, 0.25) is 5.43 Å². The number of fused-ring (bicyclic) bond motifs is 1. The number of aromatic nitrogens is 1. The summed E-state index contributed by atoms with van der Waals surface area (Å²) < 4.78 is 54.0. The number of halogens is 4. The van der Waals surface area contributed by atoms with Crippen LogP contribution in [-0.2, 0) is 0 Å². The number of hydrogen-bond donors (Lipinski definition) is 1. The minimum atomic E-state index is -1.82. The molecular weight excluding hydrogens is 294 g/mol. The van der Waals surface area contributed by atoms with Gasteiger partial charge in [-0.2, -0.15) is 0 Å². The van der Waals surface area contributed by atoms with Crippen LogP contribution in [0.2, 0.25) is 0 Å². The standard InChI is InChI=1S/C13H9F4NO3/c1-5(3-14)18-4-7(13(20)21)12(19)6-2-8(15)9(16)10(17)11(6)18/h2,4-5H,3H2,1H3,(H,20,21). The number of hydrogen-bond acceptors (Lipinski definition) is 2. The summed E-state index contributed by atoms with van der Waals surface area (Å²) in [6, 6.07) is -0.658. The number of carbonyl (C=O) groups is 1. The fraction of sp³-hybridized carbons (Fsp3) is 0.231. The second-order valence-corrected chi connectivity index (χ2v) is 4.47. The molecule has 1 heterocycles. The Hall–Kier alpha value is -2.38. The zero-order valence-electron chi connectivity index (χ0n) is 10.7. The van der Waals surface area contributed by atoms with Crippen molar-refractivity contribution in [2.75, 3.05) is 6.67 Å². The van der Waals surface area contributed by atoms with Gasteiger partial charge in [0.25, 0.3) is 0 Å². The molecular formula is C13H9F4NO3. The van der Waals surface area contributed by atoms with Crippen LogP contribution in [0.1, 0.15) is 23.3 Å². The van der Waals surface area contributed by atoms with Crippen LogP contribution in [0.4, 0.5) is 17.6 Å². The molecule has 0 aliphatic carbocycles. The molecule has 2 aromatic rings. The summed E-state index contributed by atoms with van der Waals surface area (Å²) in [5, 5.41) is 8.27. The Labute approximate surface area is 115 Å². The zero-order valence-corrected chi connectivity index (χ0v) is 10.7. The van der Waals surface area contributed by atoms with Crippen LogP contribution in [0.3, 0.4) is 0 Å². The van der Waals surface area contributed by atoms with Gasteiger partial charge in [-0.15, -0.1) is 0 Å². The minimum Gasteiger partial charge on any atom is -0.477 e. The largest absolute Gasteiger partial charge is 0.477 e. The quantitative estimate of drug-likeness (QED) is 0.700. The van der Waals surface area contributed by atoms with Crippen molar-refractivity contribution in [1.29, 1.82) is 0 Å². The van der Waals surface area contributed by atoms with E-state index in [0.29, 0.717) is 6.07 Å². The molecule has 0 aliphatic heterocycles. The molecule has 0 spiro atoms. The molecule has 1 unspecified atom stereocenters. The maximum atomic E-state index is 13.9. The van der Waals surface area contributed by atoms with Crippen LogP contribution in [0.25, 0.3) is 10.9 Å². The molecule has 0 bridgehead atoms. The van der Waals surface area contributed by atoms with E-state index in [0.717, 1.165) is 10.8 Å². The number of carboxylic acid groups (broad SMARTS) is 1. The Bertz CT molecular complexity index is 800. The number of alkyl halides is 1. The van der Waals surface area contributed by atoms with Crippen molar-refractivity contribution in [3.05, 3.63) is 45.5 Å². The van der Waals surface area contributed by atoms with Gasteiger partial charge in [0, 0.05) is 6.20 Å². The van der Waals surface area contributed by atoms with E-state index in [1.165, 1.54) is 6.92 Å². The molecule has 1 N–H and O–H groups in total. The summed E-state index contributed by atoms with van der Waals surface area (Å²) in [4.78, 5) is 22.9. The van der Waals surface area contributed by atoms with E-state index in [9.17, 15) is 27.2 Å². The molecule has 1 atom stereocenters. The molecule has 2 rings (SSSR count). The van der Waals surface area contributed by atoms with Crippen LogP contribution in [0.5, 0.6) is 0 Å². The fourth-order valence-electron chi connectivity index (χ4n) is 1.99. The van der Waals surface area contributed by atoms with Crippen molar-refractivity contribution >= 4 is 16.9 Å². The topological polar surface area (TPSA) is 59.3 Å². The van der Waals surface area contributed by atoms with E-state index in [1.807, 2.05) is 0 Å². The predicted molar refractivity (Wildman–Crippen MR) is 65.7 cm³/mol. The average molecular weight is 303 g/mol. The summed E-state index contributed by atoms with van der Waals surface area (Å²) in [5.74, 6) is -6.74. The first-order valence-electron chi connectivity index (χ1n) is 5.81. The van der Waals surface area contributed by atoms with Gasteiger partial charge in [-0.05, 0) is 13.0 Å². The highest BCUT2D eigenvalue weighted by Crippen LogP contribution is 2.24. The van der Waals surface area contributed by atoms with Crippen molar-refractivity contribution in [3.8, 4) is 0 Å². The molecule has 1 aromatic heterocycles. The van der Waals surface area contributed by atoms with Crippen molar-refractivity contribution in [3.63, 3.8) is 0 Å². The Morgan fingerprint density at radius 3 is 2.48 bits per heavy atom. The van der Waals surface area contributed by atoms with Gasteiger partial charge < -0.3 is 9.67 Å². The van der Waals surface area contributed by atoms with E-state index in [-0.39, 0.29) is 0 Å². The van der Waals surface area contributed by atoms with Crippen molar-refractivity contribution < 1.29 is 27.5 Å². The molecule has 1 aromatic carbocycles. The molecule has 0 fully saturated rings. The fourth-order valence-corrected chi connectivity index (χ4v) is 1.99. The summed E-state index contributed by atoms with van der Waals surface area (Å²) in [5.41, 5.74) is -2.63. The first-order chi connectivity index (χ1) is 9.79. The summed E-state index contributed by atoms with van der Waals surface area (Å²) in [6.07, 6.45) is 0.720. The molecule has 0 aliphatic rings. The van der Waals surface area contributed by atoms with Gasteiger partial charge in [-0.25, -0.2) is 22.4 Å². The lowest BCUT2D eigenvalue weighted by Crippen LogP contribution is -2.22. The molecule has 4 nitrogen and oxygen atoms in total. The highest BCUT2D eigenvalue weighted by molar-refractivity contribution is 5.92. The lowest BCUT2D eigenvalue weighted by Gasteiger charge is -2.17. The number of benzene rings is 1. The average Bonchev–Trinajstić information content (AvgIpc) is 2.44. The minimum absolute atomic E-state index is 0.407. The first-order valence-corrected chi connectivity index (χ1v) is 5.81. The van der Waals surface area contributed by atoms with E-state index in [4.69, 9.17) is 5.11 Å². The molecule has 0 radical (unpaired) electrons. The highest BCUT2D eigenvalue weighted by atomic mass is 19.2. The van der Waals surface area contributed by atoms with Crippen LogP contribution in [0, 0.1) is 17.5 Å². The van der Waals surface area contributed by atoms with Gasteiger partial charge in [0.15, 0.2) is 17.5 Å². The van der Waals surface area contributed by atoms with Gasteiger partial charge in [-0.1, -0.05) is 0 Å². The third kappa shape index (κ3) is 2.26. The van der Waals surface area contributed by atoms with Gasteiger partial charge in [0.05, 0.1) is 16.9 Å². The monoisotopic (exact) mass is 303 g/mol. The second-order valence-electron chi connectivity index (χ2n) is 4.47. The Kier molecular flexibility index (Phi) is 3.71. The zero-order chi connectivity index (χ0) is 15.9. The molecule has 112 valence electrons. The van der Waals surface area contributed by atoms with Crippen LogP contribution in [-0.4, -0.2) is 22.3 Å². The lowest BCUT2D eigenvalue weighted by molar-refractivity contribution is 0.0694. The maximum Gasteiger partial charge on any atom is 0.341 e. The second kappa shape index (κ2) is 5.19. The molecule has 0 saturated carbocycles. The number of pyridine rings is 1. The molecule has 8 heteroatoms. The predicted octanol–water partition coefficient (Wildman–Crippen LogP) is 2.65.